The van der Waals surface area contributed by atoms with Gasteiger partial charge in [-0.25, -0.2) is 4.58 Å². The van der Waals surface area contributed by atoms with Crippen LogP contribution >= 0.6 is 0 Å². The highest BCUT2D eigenvalue weighted by molar-refractivity contribution is 5.13. The first-order chi connectivity index (χ1) is 2.77. The summed E-state index contributed by atoms with van der Waals surface area (Å²) in [5, 5.41) is 0. The first-order valence-corrected chi connectivity index (χ1v) is 1.99. The van der Waals surface area contributed by atoms with Gasteiger partial charge in [0.15, 0.2) is 6.54 Å². The summed E-state index contributed by atoms with van der Waals surface area (Å²) in [6.45, 7) is 5.15. The number of rotatable bonds is 2. The van der Waals surface area contributed by atoms with Crippen molar-refractivity contribution in [2.75, 3.05) is 20.1 Å². The smallest absolute Gasteiger partial charge is 0.154 e. The predicted molar refractivity (Wildman–Crippen MR) is 27.2 cm³/mol. The summed E-state index contributed by atoms with van der Waals surface area (Å²) in [7, 11) is 1.90. The Morgan fingerprint density at radius 2 is 2.33 bits per heavy atom. The largest absolute Gasteiger partial charge is 0.325 e. The van der Waals surface area contributed by atoms with E-state index in [4.69, 9.17) is 5.73 Å². The van der Waals surface area contributed by atoms with Crippen LogP contribution in [0.3, 0.4) is 0 Å². The molecule has 0 bridgehead atoms. The number of hydrogen-bond acceptors (Lipinski definition) is 1. The molecule has 0 saturated heterocycles. The molecule has 0 atom stereocenters. The highest BCUT2D eigenvalue weighted by atomic mass is 14.9. The van der Waals surface area contributed by atoms with E-state index in [-0.39, 0.29) is 0 Å². The Morgan fingerprint density at radius 3 is 2.33 bits per heavy atom. The monoisotopic (exact) mass is 87.1 g/mol. The van der Waals surface area contributed by atoms with E-state index in [1.165, 1.54) is 0 Å². The maximum absolute atomic E-state index is 5.15. The lowest BCUT2D eigenvalue weighted by molar-refractivity contribution is -0.485. The molecule has 0 amide bonds. The van der Waals surface area contributed by atoms with Gasteiger partial charge in [0.25, 0.3) is 0 Å². The Balaban J connectivity index is 2.83. The molecule has 0 unspecified atom stereocenters. The van der Waals surface area contributed by atoms with Crippen LogP contribution in [0.15, 0.2) is 0 Å². The highest BCUT2D eigenvalue weighted by Gasteiger charge is 1.81. The Labute approximate surface area is 38.3 Å². The van der Waals surface area contributed by atoms with Crippen molar-refractivity contribution in [1.82, 2.24) is 0 Å². The number of likely N-dealkylation sites (N-methyl/N-ethyl adjacent to an activating group) is 1. The topological polar surface area (TPSA) is 29.0 Å². The summed E-state index contributed by atoms with van der Waals surface area (Å²) >= 11 is 0. The molecule has 0 rings (SSSR count). The zero-order chi connectivity index (χ0) is 4.99. The molecule has 0 heterocycles. The van der Waals surface area contributed by atoms with Crippen molar-refractivity contribution in [3.05, 3.63) is 0 Å². The van der Waals surface area contributed by atoms with Crippen LogP contribution in [0, 0.1) is 0 Å². The molecular formula is C4H11N2+. The maximum Gasteiger partial charge on any atom is 0.154 e. The zero-order valence-corrected chi connectivity index (χ0v) is 4.15. The van der Waals surface area contributed by atoms with Gasteiger partial charge < -0.3 is 5.73 Å². The minimum absolute atomic E-state index is 0.694. The molecule has 0 fully saturated rings. The van der Waals surface area contributed by atoms with Crippen molar-refractivity contribution in [3.63, 3.8) is 0 Å². The van der Waals surface area contributed by atoms with Crippen molar-refractivity contribution in [2.45, 2.75) is 0 Å². The van der Waals surface area contributed by atoms with Gasteiger partial charge in [-0.2, -0.15) is 0 Å². The standard InChI is InChI=1S/C4H11N2/c1-6(2)4-3-5/h1,3-5H2,2H3/q+1. The SMILES string of the molecule is C=[N+](C)CCN. The highest BCUT2D eigenvalue weighted by Crippen LogP contribution is 1.53. The van der Waals surface area contributed by atoms with Crippen molar-refractivity contribution in [1.29, 1.82) is 0 Å². The average molecular weight is 87.1 g/mol. The van der Waals surface area contributed by atoms with Crippen molar-refractivity contribution in [3.8, 4) is 0 Å². The maximum atomic E-state index is 5.15. The summed E-state index contributed by atoms with van der Waals surface area (Å²) in [6, 6.07) is 0. The van der Waals surface area contributed by atoms with Gasteiger partial charge in [0.2, 0.25) is 0 Å². The lowest BCUT2D eigenvalue weighted by Crippen LogP contribution is -2.14. The van der Waals surface area contributed by atoms with Gasteiger partial charge in [-0.05, 0) is 0 Å². The Hall–Kier alpha value is -0.370. The van der Waals surface area contributed by atoms with Crippen LogP contribution in [0.1, 0.15) is 0 Å². The summed E-state index contributed by atoms with van der Waals surface area (Å²) in [6.07, 6.45) is 0. The predicted octanol–water partition coefficient (Wildman–Crippen LogP) is -0.712. The summed E-state index contributed by atoms with van der Waals surface area (Å²) in [5.74, 6) is 0. The summed E-state index contributed by atoms with van der Waals surface area (Å²) in [4.78, 5) is 0. The molecular weight excluding hydrogens is 76.1 g/mol. The first-order valence-electron chi connectivity index (χ1n) is 1.99. The average Bonchev–Trinajstić information content (AvgIpc) is 1.35. The van der Waals surface area contributed by atoms with E-state index >= 15 is 0 Å². The molecule has 0 aromatic rings. The second-order valence-electron chi connectivity index (χ2n) is 1.37. The molecule has 0 aromatic carbocycles. The zero-order valence-electron chi connectivity index (χ0n) is 4.15. The fourth-order valence-electron chi connectivity index (χ4n) is 0.220. The first kappa shape index (κ1) is 5.63. The van der Waals surface area contributed by atoms with Crippen LogP contribution in [0.4, 0.5) is 0 Å². The number of nitrogens with two attached hydrogens (primary N) is 1. The molecule has 0 aliphatic carbocycles. The van der Waals surface area contributed by atoms with E-state index in [9.17, 15) is 0 Å². The van der Waals surface area contributed by atoms with Gasteiger partial charge in [0.1, 0.15) is 13.8 Å². The van der Waals surface area contributed by atoms with E-state index < -0.39 is 0 Å². The minimum Gasteiger partial charge on any atom is -0.325 e. The van der Waals surface area contributed by atoms with E-state index in [2.05, 4.69) is 6.72 Å². The molecule has 2 N–H and O–H groups in total. The van der Waals surface area contributed by atoms with Crippen LogP contribution in [-0.2, 0) is 0 Å². The second kappa shape index (κ2) is 2.85. The fourth-order valence-corrected chi connectivity index (χ4v) is 0.220. The lowest BCUT2D eigenvalue weighted by Gasteiger charge is -1.84. The van der Waals surface area contributed by atoms with Gasteiger partial charge in [0.05, 0.1) is 6.54 Å². The van der Waals surface area contributed by atoms with Crippen molar-refractivity contribution in [2.24, 2.45) is 5.73 Å². The molecule has 0 aromatic heterocycles. The Morgan fingerprint density at radius 1 is 1.83 bits per heavy atom. The number of hydrogen-bond donors (Lipinski definition) is 1. The molecule has 6 heavy (non-hydrogen) atoms. The van der Waals surface area contributed by atoms with Crippen LogP contribution in [0.2, 0.25) is 0 Å². The van der Waals surface area contributed by atoms with Gasteiger partial charge in [0, 0.05) is 0 Å². The van der Waals surface area contributed by atoms with Crippen LogP contribution in [0.25, 0.3) is 0 Å². The molecule has 0 radical (unpaired) electrons. The molecule has 2 heteroatoms. The van der Waals surface area contributed by atoms with E-state index in [1.807, 2.05) is 7.05 Å². The Kier molecular flexibility index (Phi) is 2.67. The van der Waals surface area contributed by atoms with E-state index in [0.29, 0.717) is 6.54 Å². The van der Waals surface area contributed by atoms with Crippen LogP contribution in [-0.4, -0.2) is 31.4 Å². The summed E-state index contributed by atoms with van der Waals surface area (Å²) in [5.41, 5.74) is 5.15. The van der Waals surface area contributed by atoms with E-state index in [0.717, 1.165) is 6.54 Å². The van der Waals surface area contributed by atoms with Gasteiger partial charge in [-0.1, -0.05) is 0 Å². The third kappa shape index (κ3) is 3.63. The summed E-state index contributed by atoms with van der Waals surface area (Å²) < 4.78 is 1.81. The molecule has 0 spiro atoms. The molecule has 0 saturated carbocycles. The molecule has 0 aliphatic rings. The van der Waals surface area contributed by atoms with Crippen LogP contribution < -0.4 is 5.73 Å². The Bertz CT molecular complexity index is 49.5. The normalized spacial score (nSPS) is 8.33. The second-order valence-corrected chi connectivity index (χ2v) is 1.37. The fraction of sp³-hybridized carbons (Fsp3) is 0.750. The van der Waals surface area contributed by atoms with Crippen molar-refractivity contribution >= 4 is 6.72 Å². The number of nitrogens with zero attached hydrogens (tertiary/aromatic N) is 1. The molecule has 0 aliphatic heterocycles. The molecule has 36 valence electrons. The van der Waals surface area contributed by atoms with Gasteiger partial charge >= 0.3 is 0 Å². The van der Waals surface area contributed by atoms with Crippen LogP contribution in [0.5, 0.6) is 0 Å². The quantitative estimate of drug-likeness (QED) is 0.350. The lowest BCUT2D eigenvalue weighted by atomic mass is 10.6. The van der Waals surface area contributed by atoms with E-state index in [1.54, 1.807) is 4.58 Å². The van der Waals surface area contributed by atoms with Gasteiger partial charge in [-0.3, -0.25) is 0 Å². The third-order valence-electron chi connectivity index (χ3n) is 0.511. The van der Waals surface area contributed by atoms with Crippen molar-refractivity contribution < 1.29 is 4.58 Å². The third-order valence-corrected chi connectivity index (χ3v) is 0.511. The molecule has 2 nitrogen and oxygen atoms in total. The van der Waals surface area contributed by atoms with Gasteiger partial charge in [-0.15, -0.1) is 0 Å². The minimum atomic E-state index is 0.694.